The average Bonchev–Trinajstić information content (AvgIpc) is 3.18. The third kappa shape index (κ3) is 2.10. The van der Waals surface area contributed by atoms with Crippen LogP contribution in [0.2, 0.25) is 0 Å². The lowest BCUT2D eigenvalue weighted by molar-refractivity contribution is 0.429. The van der Waals surface area contributed by atoms with Gasteiger partial charge in [-0.2, -0.15) is 5.10 Å². The third-order valence-electron chi connectivity index (χ3n) is 5.20. The zero-order valence-corrected chi connectivity index (χ0v) is 12.9. The molecule has 0 radical (unpaired) electrons. The van der Waals surface area contributed by atoms with Gasteiger partial charge in [-0.3, -0.25) is 4.68 Å². The molecular weight excluding hydrogens is 262 g/mol. The van der Waals surface area contributed by atoms with Gasteiger partial charge in [0.05, 0.1) is 11.6 Å². The molecule has 5 nitrogen and oxygen atoms in total. The Kier molecular flexibility index (Phi) is 3.08. The summed E-state index contributed by atoms with van der Waals surface area (Å²) < 4.78 is 1.86. The molecule has 5 heteroatoms. The summed E-state index contributed by atoms with van der Waals surface area (Å²) in [5, 5.41) is 5.48. The third-order valence-corrected chi connectivity index (χ3v) is 5.20. The summed E-state index contributed by atoms with van der Waals surface area (Å²) in [5.41, 5.74) is 0.953. The van der Waals surface area contributed by atoms with Gasteiger partial charge in [-0.25, -0.2) is 9.97 Å². The molecule has 1 aliphatic heterocycles. The Morgan fingerprint density at radius 3 is 2.71 bits per heavy atom. The van der Waals surface area contributed by atoms with Crippen LogP contribution in [0.25, 0.3) is 11.0 Å². The monoisotopic (exact) mass is 285 g/mol. The Hall–Kier alpha value is -1.65. The summed E-state index contributed by atoms with van der Waals surface area (Å²) in [6, 6.07) is 0.671. The molecule has 0 bridgehead atoms. The quantitative estimate of drug-likeness (QED) is 0.851. The van der Waals surface area contributed by atoms with Crippen LogP contribution in [0.4, 0.5) is 5.82 Å². The Morgan fingerprint density at radius 1 is 1.10 bits per heavy atom. The van der Waals surface area contributed by atoms with Crippen molar-refractivity contribution in [2.45, 2.75) is 51.5 Å². The van der Waals surface area contributed by atoms with Gasteiger partial charge in [-0.1, -0.05) is 12.8 Å². The Morgan fingerprint density at radius 2 is 1.90 bits per heavy atom. The van der Waals surface area contributed by atoms with Gasteiger partial charge in [0, 0.05) is 19.6 Å². The predicted octanol–water partition coefficient (Wildman–Crippen LogP) is 2.83. The highest BCUT2D eigenvalue weighted by Gasteiger charge is 2.35. The summed E-state index contributed by atoms with van der Waals surface area (Å²) >= 11 is 0. The van der Waals surface area contributed by atoms with Crippen LogP contribution in [0.5, 0.6) is 0 Å². The fourth-order valence-electron chi connectivity index (χ4n) is 4.22. The molecule has 21 heavy (non-hydrogen) atoms. The number of anilines is 1. The number of aryl methyl sites for hydroxylation is 2. The molecule has 1 atom stereocenters. The molecule has 112 valence electrons. The van der Waals surface area contributed by atoms with Gasteiger partial charge in [0.15, 0.2) is 5.65 Å². The number of aromatic nitrogens is 4. The summed E-state index contributed by atoms with van der Waals surface area (Å²) in [6.07, 6.45) is 10.1. The van der Waals surface area contributed by atoms with E-state index in [-0.39, 0.29) is 0 Å². The number of nitrogens with zero attached hydrogens (tertiary/aromatic N) is 5. The largest absolute Gasteiger partial charge is 0.353 e. The lowest BCUT2D eigenvalue weighted by Crippen LogP contribution is -2.35. The average molecular weight is 285 g/mol. The standard InChI is InChI=1S/C16H23N5/c1-11-18-15-13(10-17-20(15)2)16(19-11)21-9-5-8-14(21)12-6-3-4-7-12/h10,12,14H,3-9H2,1-2H3. The zero-order valence-electron chi connectivity index (χ0n) is 12.9. The Balaban J connectivity index is 1.77. The topological polar surface area (TPSA) is 46.8 Å². The molecule has 3 heterocycles. The van der Waals surface area contributed by atoms with Crippen molar-refractivity contribution in [3.05, 3.63) is 12.0 Å². The van der Waals surface area contributed by atoms with E-state index in [4.69, 9.17) is 4.98 Å². The SMILES string of the molecule is Cc1nc(N2CCCC2C2CCCC2)c2cnn(C)c2n1. The van der Waals surface area contributed by atoms with Crippen molar-refractivity contribution in [1.29, 1.82) is 0 Å². The molecule has 0 N–H and O–H groups in total. The fraction of sp³-hybridized carbons (Fsp3) is 0.688. The number of hydrogen-bond donors (Lipinski definition) is 0. The molecule has 1 unspecified atom stereocenters. The number of hydrogen-bond acceptors (Lipinski definition) is 4. The van der Waals surface area contributed by atoms with Gasteiger partial charge in [0.2, 0.25) is 0 Å². The predicted molar refractivity (Wildman–Crippen MR) is 83.4 cm³/mol. The van der Waals surface area contributed by atoms with E-state index in [0.29, 0.717) is 6.04 Å². The summed E-state index contributed by atoms with van der Waals surface area (Å²) in [7, 11) is 1.96. The molecule has 2 fully saturated rings. The molecule has 1 saturated carbocycles. The van der Waals surface area contributed by atoms with E-state index in [1.54, 1.807) is 0 Å². The van der Waals surface area contributed by atoms with E-state index in [2.05, 4.69) is 15.0 Å². The van der Waals surface area contributed by atoms with Crippen LogP contribution in [-0.4, -0.2) is 32.3 Å². The zero-order chi connectivity index (χ0) is 14.4. The highest BCUT2D eigenvalue weighted by Crippen LogP contribution is 2.38. The van der Waals surface area contributed by atoms with Crippen LogP contribution in [0.3, 0.4) is 0 Å². The van der Waals surface area contributed by atoms with E-state index in [1.165, 1.54) is 38.5 Å². The highest BCUT2D eigenvalue weighted by atomic mass is 15.3. The second-order valence-electron chi connectivity index (χ2n) is 6.55. The lowest BCUT2D eigenvalue weighted by atomic mass is 9.96. The highest BCUT2D eigenvalue weighted by molar-refractivity contribution is 5.87. The van der Waals surface area contributed by atoms with Gasteiger partial charge in [-0.05, 0) is 38.5 Å². The fourth-order valence-corrected chi connectivity index (χ4v) is 4.22. The minimum Gasteiger partial charge on any atom is -0.353 e. The van der Waals surface area contributed by atoms with Crippen molar-refractivity contribution in [2.75, 3.05) is 11.4 Å². The Bertz CT molecular complexity index is 656. The first-order valence-corrected chi connectivity index (χ1v) is 8.17. The van der Waals surface area contributed by atoms with Crippen LogP contribution in [0, 0.1) is 12.8 Å². The normalized spacial score (nSPS) is 23.5. The molecule has 1 aliphatic carbocycles. The van der Waals surface area contributed by atoms with Gasteiger partial charge < -0.3 is 4.90 Å². The first-order valence-electron chi connectivity index (χ1n) is 8.17. The summed E-state index contributed by atoms with van der Waals surface area (Å²) in [4.78, 5) is 11.9. The maximum absolute atomic E-state index is 4.78. The molecule has 2 aromatic heterocycles. The van der Waals surface area contributed by atoms with Crippen molar-refractivity contribution in [3.8, 4) is 0 Å². The van der Waals surface area contributed by atoms with E-state index < -0.39 is 0 Å². The summed E-state index contributed by atoms with van der Waals surface area (Å²) in [6.45, 7) is 3.11. The Labute approximate surface area is 125 Å². The number of rotatable bonds is 2. The van der Waals surface area contributed by atoms with Gasteiger partial charge >= 0.3 is 0 Å². The van der Waals surface area contributed by atoms with Crippen LogP contribution < -0.4 is 4.90 Å². The van der Waals surface area contributed by atoms with Gasteiger partial charge in [0.25, 0.3) is 0 Å². The van der Waals surface area contributed by atoms with E-state index >= 15 is 0 Å². The van der Waals surface area contributed by atoms with Crippen LogP contribution in [0.15, 0.2) is 6.20 Å². The van der Waals surface area contributed by atoms with Crippen LogP contribution >= 0.6 is 0 Å². The smallest absolute Gasteiger partial charge is 0.163 e. The van der Waals surface area contributed by atoms with E-state index in [0.717, 1.165) is 35.1 Å². The van der Waals surface area contributed by atoms with Gasteiger partial charge in [-0.15, -0.1) is 0 Å². The molecule has 4 rings (SSSR count). The first-order chi connectivity index (χ1) is 10.2. The molecule has 2 aromatic rings. The first kappa shape index (κ1) is 13.0. The maximum atomic E-state index is 4.78. The lowest BCUT2D eigenvalue weighted by Gasteiger charge is -2.30. The molecule has 1 saturated heterocycles. The summed E-state index contributed by atoms with van der Waals surface area (Å²) in [5.74, 6) is 2.81. The van der Waals surface area contributed by atoms with Gasteiger partial charge in [0.1, 0.15) is 11.6 Å². The second kappa shape index (κ2) is 4.97. The van der Waals surface area contributed by atoms with Crippen LogP contribution in [0.1, 0.15) is 44.3 Å². The van der Waals surface area contributed by atoms with Crippen molar-refractivity contribution >= 4 is 16.9 Å². The molecule has 2 aliphatic rings. The van der Waals surface area contributed by atoms with E-state index in [9.17, 15) is 0 Å². The van der Waals surface area contributed by atoms with Crippen LogP contribution in [-0.2, 0) is 7.05 Å². The minimum atomic E-state index is 0.671. The maximum Gasteiger partial charge on any atom is 0.163 e. The number of fused-ring (bicyclic) bond motifs is 1. The molecule has 0 spiro atoms. The molecule has 0 amide bonds. The van der Waals surface area contributed by atoms with Crippen molar-refractivity contribution in [3.63, 3.8) is 0 Å². The van der Waals surface area contributed by atoms with Crippen molar-refractivity contribution in [2.24, 2.45) is 13.0 Å². The van der Waals surface area contributed by atoms with Crippen molar-refractivity contribution in [1.82, 2.24) is 19.7 Å². The van der Waals surface area contributed by atoms with E-state index in [1.807, 2.05) is 24.9 Å². The molecular formula is C16H23N5. The van der Waals surface area contributed by atoms with Crippen molar-refractivity contribution < 1.29 is 0 Å². The minimum absolute atomic E-state index is 0.671. The second-order valence-corrected chi connectivity index (χ2v) is 6.55. The molecule has 0 aromatic carbocycles.